The molecular weight excluding hydrogens is 170 g/mol. The van der Waals surface area contributed by atoms with Gasteiger partial charge in [-0.25, -0.2) is 0 Å². The van der Waals surface area contributed by atoms with Crippen LogP contribution in [0.4, 0.5) is 0 Å². The Morgan fingerprint density at radius 2 is 2.42 bits per heavy atom. The van der Waals surface area contributed by atoms with Crippen LogP contribution in [0.1, 0.15) is 18.7 Å². The first-order chi connectivity index (χ1) is 5.74. The highest BCUT2D eigenvalue weighted by molar-refractivity contribution is 7.09. The van der Waals surface area contributed by atoms with Crippen molar-refractivity contribution in [3.8, 4) is 0 Å². The molecule has 0 aliphatic carbocycles. The quantitative estimate of drug-likeness (QED) is 0.547. The van der Waals surface area contributed by atoms with E-state index in [0.29, 0.717) is 12.0 Å². The second kappa shape index (κ2) is 4.54. The first kappa shape index (κ1) is 9.64. The second-order valence-corrected chi connectivity index (χ2v) is 4.16. The van der Waals surface area contributed by atoms with E-state index in [4.69, 9.17) is 5.84 Å². The van der Waals surface area contributed by atoms with E-state index >= 15 is 0 Å². The fraction of sp³-hybridized carbons (Fsp3) is 0.625. The molecule has 0 radical (unpaired) electrons. The number of thiazole rings is 1. The zero-order chi connectivity index (χ0) is 8.97. The van der Waals surface area contributed by atoms with Crippen molar-refractivity contribution in [2.24, 2.45) is 11.8 Å². The predicted octanol–water partition coefficient (Wildman–Crippen LogP) is 1.17. The monoisotopic (exact) mass is 185 g/mol. The van der Waals surface area contributed by atoms with Gasteiger partial charge >= 0.3 is 0 Å². The molecule has 0 amide bonds. The van der Waals surface area contributed by atoms with E-state index in [1.807, 2.05) is 11.7 Å². The Kier molecular flexibility index (Phi) is 3.65. The minimum absolute atomic E-state index is 0.352. The van der Waals surface area contributed by atoms with Gasteiger partial charge < -0.3 is 0 Å². The van der Waals surface area contributed by atoms with Gasteiger partial charge in [0.1, 0.15) is 0 Å². The average Bonchev–Trinajstić information content (AvgIpc) is 2.51. The smallest absolute Gasteiger partial charge is 0.0794 e. The van der Waals surface area contributed by atoms with E-state index in [1.54, 1.807) is 11.3 Å². The molecule has 1 aromatic heterocycles. The van der Waals surface area contributed by atoms with Crippen LogP contribution < -0.4 is 11.3 Å². The lowest BCUT2D eigenvalue weighted by Crippen LogP contribution is -2.40. The maximum atomic E-state index is 5.42. The number of hydrazine groups is 1. The molecule has 0 fully saturated rings. The van der Waals surface area contributed by atoms with Crippen LogP contribution in [0, 0.1) is 5.92 Å². The van der Waals surface area contributed by atoms with E-state index in [9.17, 15) is 0 Å². The van der Waals surface area contributed by atoms with Crippen molar-refractivity contribution >= 4 is 11.3 Å². The molecule has 1 heterocycles. The van der Waals surface area contributed by atoms with E-state index in [-0.39, 0.29) is 0 Å². The van der Waals surface area contributed by atoms with Gasteiger partial charge in [0.25, 0.3) is 0 Å². The minimum atomic E-state index is 0.352. The molecule has 12 heavy (non-hydrogen) atoms. The SMILES string of the molecule is CC(C)C(Cc1cncs1)NN. The lowest BCUT2D eigenvalue weighted by Gasteiger charge is -2.18. The number of aromatic nitrogens is 1. The Hall–Kier alpha value is -0.450. The summed E-state index contributed by atoms with van der Waals surface area (Å²) >= 11 is 1.68. The molecule has 1 rings (SSSR count). The van der Waals surface area contributed by atoms with E-state index < -0.39 is 0 Å². The number of nitrogens with one attached hydrogen (secondary N) is 1. The van der Waals surface area contributed by atoms with Crippen molar-refractivity contribution in [2.75, 3.05) is 0 Å². The highest BCUT2D eigenvalue weighted by Gasteiger charge is 2.12. The molecule has 68 valence electrons. The van der Waals surface area contributed by atoms with Gasteiger partial charge in [0.2, 0.25) is 0 Å². The topological polar surface area (TPSA) is 50.9 Å². The Bertz CT molecular complexity index is 208. The van der Waals surface area contributed by atoms with Gasteiger partial charge in [0.05, 0.1) is 5.51 Å². The Labute approximate surface area is 77.0 Å². The molecule has 0 saturated carbocycles. The van der Waals surface area contributed by atoms with Crippen molar-refractivity contribution in [3.05, 3.63) is 16.6 Å². The summed E-state index contributed by atoms with van der Waals surface area (Å²) in [5.74, 6) is 5.98. The maximum Gasteiger partial charge on any atom is 0.0794 e. The summed E-state index contributed by atoms with van der Waals surface area (Å²) in [5, 5.41) is 0. The van der Waals surface area contributed by atoms with Crippen LogP contribution in [0.3, 0.4) is 0 Å². The predicted molar refractivity (Wildman–Crippen MR) is 51.8 cm³/mol. The Morgan fingerprint density at radius 1 is 1.67 bits per heavy atom. The summed E-state index contributed by atoms with van der Waals surface area (Å²) in [4.78, 5) is 5.30. The average molecular weight is 185 g/mol. The van der Waals surface area contributed by atoms with Crippen LogP contribution in [0.25, 0.3) is 0 Å². The zero-order valence-corrected chi connectivity index (χ0v) is 8.27. The Balaban J connectivity index is 2.48. The molecule has 0 aliphatic heterocycles. The summed E-state index contributed by atoms with van der Waals surface area (Å²) in [6.45, 7) is 4.32. The van der Waals surface area contributed by atoms with E-state index in [1.165, 1.54) is 4.88 Å². The summed E-state index contributed by atoms with van der Waals surface area (Å²) in [6.07, 6.45) is 2.87. The molecule has 3 N–H and O–H groups in total. The normalized spacial score (nSPS) is 13.7. The number of nitrogens with zero attached hydrogens (tertiary/aromatic N) is 1. The highest BCUT2D eigenvalue weighted by Crippen LogP contribution is 2.12. The van der Waals surface area contributed by atoms with Crippen LogP contribution in [0.5, 0.6) is 0 Å². The van der Waals surface area contributed by atoms with Gasteiger partial charge in [-0.1, -0.05) is 13.8 Å². The third kappa shape index (κ3) is 2.55. The zero-order valence-electron chi connectivity index (χ0n) is 7.45. The van der Waals surface area contributed by atoms with Gasteiger partial charge in [-0.05, 0) is 5.92 Å². The number of hydrogen-bond donors (Lipinski definition) is 2. The van der Waals surface area contributed by atoms with Crippen LogP contribution in [-0.2, 0) is 6.42 Å². The third-order valence-corrected chi connectivity index (χ3v) is 2.73. The van der Waals surface area contributed by atoms with Crippen molar-refractivity contribution in [1.29, 1.82) is 0 Å². The van der Waals surface area contributed by atoms with Crippen molar-refractivity contribution in [3.63, 3.8) is 0 Å². The van der Waals surface area contributed by atoms with E-state index in [0.717, 1.165) is 6.42 Å². The molecule has 0 saturated heterocycles. The number of rotatable bonds is 4. The summed E-state index contributed by atoms with van der Waals surface area (Å²) < 4.78 is 0. The van der Waals surface area contributed by atoms with Crippen LogP contribution in [-0.4, -0.2) is 11.0 Å². The summed E-state index contributed by atoms with van der Waals surface area (Å²) in [6, 6.07) is 0.352. The van der Waals surface area contributed by atoms with Gasteiger partial charge in [0, 0.05) is 23.5 Å². The summed E-state index contributed by atoms with van der Waals surface area (Å²) in [5.41, 5.74) is 4.67. The second-order valence-electron chi connectivity index (χ2n) is 3.19. The first-order valence-electron chi connectivity index (χ1n) is 4.07. The molecule has 0 aliphatic rings. The third-order valence-electron chi connectivity index (χ3n) is 1.92. The lowest BCUT2D eigenvalue weighted by atomic mass is 10.0. The summed E-state index contributed by atoms with van der Waals surface area (Å²) in [7, 11) is 0. The molecular formula is C8H15N3S. The fourth-order valence-electron chi connectivity index (χ4n) is 1.05. The van der Waals surface area contributed by atoms with Crippen LogP contribution in [0.2, 0.25) is 0 Å². The van der Waals surface area contributed by atoms with Gasteiger partial charge in [0.15, 0.2) is 0 Å². The molecule has 1 atom stereocenters. The lowest BCUT2D eigenvalue weighted by molar-refractivity contribution is 0.406. The van der Waals surface area contributed by atoms with Gasteiger partial charge in [-0.2, -0.15) is 0 Å². The first-order valence-corrected chi connectivity index (χ1v) is 4.95. The van der Waals surface area contributed by atoms with Crippen molar-refractivity contribution < 1.29 is 0 Å². The molecule has 4 heteroatoms. The molecule has 0 aromatic carbocycles. The standard InChI is InChI=1S/C8H15N3S/c1-6(2)8(11-9)3-7-4-10-5-12-7/h4-6,8,11H,3,9H2,1-2H3. The van der Waals surface area contributed by atoms with Gasteiger partial charge in [-0.3, -0.25) is 16.3 Å². The minimum Gasteiger partial charge on any atom is -0.271 e. The fourth-order valence-corrected chi connectivity index (χ4v) is 1.70. The maximum absolute atomic E-state index is 5.42. The van der Waals surface area contributed by atoms with Crippen molar-refractivity contribution in [2.45, 2.75) is 26.3 Å². The number of nitrogens with two attached hydrogens (primary N) is 1. The molecule has 0 bridgehead atoms. The van der Waals surface area contributed by atoms with Crippen LogP contribution in [0.15, 0.2) is 11.7 Å². The molecule has 3 nitrogen and oxygen atoms in total. The van der Waals surface area contributed by atoms with Crippen molar-refractivity contribution in [1.82, 2.24) is 10.4 Å². The number of hydrogen-bond acceptors (Lipinski definition) is 4. The molecule has 0 spiro atoms. The Morgan fingerprint density at radius 3 is 2.83 bits per heavy atom. The van der Waals surface area contributed by atoms with Crippen LogP contribution >= 0.6 is 11.3 Å². The van der Waals surface area contributed by atoms with E-state index in [2.05, 4.69) is 24.3 Å². The van der Waals surface area contributed by atoms with Gasteiger partial charge in [-0.15, -0.1) is 11.3 Å². The molecule has 1 unspecified atom stereocenters. The largest absolute Gasteiger partial charge is 0.271 e. The molecule has 1 aromatic rings. The highest BCUT2D eigenvalue weighted by atomic mass is 32.1.